The van der Waals surface area contributed by atoms with Crippen molar-refractivity contribution in [1.82, 2.24) is 4.98 Å². The van der Waals surface area contributed by atoms with E-state index in [1.54, 1.807) is 30.5 Å². The van der Waals surface area contributed by atoms with E-state index in [0.29, 0.717) is 16.9 Å². The predicted octanol–water partition coefficient (Wildman–Crippen LogP) is 4.13. The Balaban J connectivity index is 1.80. The average molecular weight is 337 g/mol. The van der Waals surface area contributed by atoms with Crippen molar-refractivity contribution in [3.8, 4) is 0 Å². The maximum atomic E-state index is 14.1. The molecule has 1 amide bonds. The number of para-hydroxylation sites is 1. The Bertz CT molecular complexity index is 946. The van der Waals surface area contributed by atoms with Gasteiger partial charge in [-0.1, -0.05) is 18.2 Å². The molecule has 4 rings (SSSR count). The lowest BCUT2D eigenvalue weighted by Crippen LogP contribution is -2.32. The normalized spacial score (nSPS) is 16.0. The van der Waals surface area contributed by atoms with Gasteiger partial charge in [0.15, 0.2) is 6.17 Å². The predicted molar refractivity (Wildman–Crippen MR) is 90.2 cm³/mol. The molecular weight excluding hydrogens is 324 g/mol. The molecule has 2 heterocycles. The van der Waals surface area contributed by atoms with Crippen molar-refractivity contribution < 1.29 is 13.6 Å². The number of benzene rings is 2. The Labute approximate surface area is 142 Å². The minimum absolute atomic E-state index is 0.0960. The van der Waals surface area contributed by atoms with Crippen LogP contribution in [0.15, 0.2) is 66.9 Å². The molecule has 3 aromatic rings. The van der Waals surface area contributed by atoms with Gasteiger partial charge < -0.3 is 5.32 Å². The first kappa shape index (κ1) is 15.3. The molecule has 1 aliphatic rings. The number of carbonyl (C=O) groups excluding carboxylic acids is 1. The van der Waals surface area contributed by atoms with Crippen molar-refractivity contribution in [3.63, 3.8) is 0 Å². The fourth-order valence-electron chi connectivity index (χ4n) is 2.93. The lowest BCUT2D eigenvalue weighted by atomic mass is 10.2. The number of rotatable bonds is 3. The number of nitrogens with one attached hydrogen (secondary N) is 1. The molecule has 2 aromatic carbocycles. The third-order valence-corrected chi connectivity index (χ3v) is 4.06. The maximum absolute atomic E-state index is 14.1. The highest BCUT2D eigenvalue weighted by Crippen LogP contribution is 2.37. The van der Waals surface area contributed by atoms with E-state index >= 15 is 0 Å². The Morgan fingerprint density at radius 1 is 1.00 bits per heavy atom. The van der Waals surface area contributed by atoms with Gasteiger partial charge in [0.05, 0.1) is 16.9 Å². The first-order chi connectivity index (χ1) is 12.1. The second-order valence-electron chi connectivity index (χ2n) is 5.62. The molecule has 25 heavy (non-hydrogen) atoms. The zero-order chi connectivity index (χ0) is 17.4. The van der Waals surface area contributed by atoms with Crippen LogP contribution in [-0.2, 0) is 0 Å². The quantitative estimate of drug-likeness (QED) is 0.781. The minimum Gasteiger partial charge on any atom is -0.357 e. The van der Waals surface area contributed by atoms with Gasteiger partial charge >= 0.3 is 0 Å². The number of nitrogens with zero attached hydrogens (tertiary/aromatic N) is 2. The minimum atomic E-state index is -0.732. The third-order valence-electron chi connectivity index (χ3n) is 4.06. The van der Waals surface area contributed by atoms with Gasteiger partial charge in [-0.15, -0.1) is 0 Å². The second-order valence-corrected chi connectivity index (χ2v) is 5.62. The van der Waals surface area contributed by atoms with Gasteiger partial charge in [-0.2, -0.15) is 0 Å². The summed E-state index contributed by atoms with van der Waals surface area (Å²) in [6.07, 6.45) is 0.891. The van der Waals surface area contributed by atoms with Gasteiger partial charge in [0, 0.05) is 18.0 Å². The molecular formula is C19H13F2N3O. The van der Waals surface area contributed by atoms with Crippen LogP contribution in [0.25, 0.3) is 0 Å². The van der Waals surface area contributed by atoms with Crippen LogP contribution in [0, 0.1) is 11.6 Å². The van der Waals surface area contributed by atoms with Crippen LogP contribution >= 0.6 is 0 Å². The van der Waals surface area contributed by atoms with Gasteiger partial charge in [0.25, 0.3) is 5.91 Å². The Morgan fingerprint density at radius 2 is 1.80 bits per heavy atom. The summed E-state index contributed by atoms with van der Waals surface area (Å²) in [5.41, 5.74) is 1.70. The van der Waals surface area contributed by atoms with Crippen LogP contribution in [0.2, 0.25) is 0 Å². The van der Waals surface area contributed by atoms with Gasteiger partial charge in [0.1, 0.15) is 11.6 Å². The maximum Gasteiger partial charge on any atom is 0.262 e. The van der Waals surface area contributed by atoms with E-state index < -0.39 is 17.8 Å². The molecule has 4 nitrogen and oxygen atoms in total. The van der Waals surface area contributed by atoms with Gasteiger partial charge in [-0.3, -0.25) is 14.7 Å². The zero-order valence-corrected chi connectivity index (χ0v) is 13.0. The van der Waals surface area contributed by atoms with E-state index in [0.717, 1.165) is 12.1 Å². The molecule has 1 unspecified atom stereocenters. The molecule has 1 aliphatic heterocycles. The van der Waals surface area contributed by atoms with Gasteiger partial charge in [-0.25, -0.2) is 8.78 Å². The van der Waals surface area contributed by atoms with Crippen LogP contribution < -0.4 is 10.2 Å². The third kappa shape index (κ3) is 2.61. The molecule has 1 atom stereocenters. The fourth-order valence-corrected chi connectivity index (χ4v) is 2.93. The number of anilines is 2. The lowest BCUT2D eigenvalue weighted by molar-refractivity contribution is 0.0993. The molecule has 0 saturated carbocycles. The topological polar surface area (TPSA) is 45.2 Å². The zero-order valence-electron chi connectivity index (χ0n) is 13.0. The summed E-state index contributed by atoms with van der Waals surface area (Å²) in [5.74, 6) is -1.62. The number of halogens is 2. The highest BCUT2D eigenvalue weighted by Gasteiger charge is 2.39. The number of aromatic nitrogens is 1. The Kier molecular flexibility index (Phi) is 3.65. The molecule has 0 fully saturated rings. The monoisotopic (exact) mass is 337 g/mol. The highest BCUT2D eigenvalue weighted by atomic mass is 19.1. The van der Waals surface area contributed by atoms with Crippen molar-refractivity contribution in [2.24, 2.45) is 0 Å². The highest BCUT2D eigenvalue weighted by molar-refractivity contribution is 6.11. The number of pyridine rings is 1. The Morgan fingerprint density at radius 3 is 2.56 bits per heavy atom. The van der Waals surface area contributed by atoms with Crippen molar-refractivity contribution in [3.05, 3.63) is 89.8 Å². The van der Waals surface area contributed by atoms with Crippen LogP contribution in [-0.4, -0.2) is 10.9 Å². The number of fused-ring (bicyclic) bond motifs is 1. The fraction of sp³-hybridized carbons (Fsp3) is 0.0526. The van der Waals surface area contributed by atoms with Crippen molar-refractivity contribution in [2.45, 2.75) is 6.17 Å². The molecule has 0 radical (unpaired) electrons. The number of hydrogen-bond donors (Lipinski definition) is 1. The smallest absolute Gasteiger partial charge is 0.262 e. The molecule has 0 spiro atoms. The summed E-state index contributed by atoms with van der Waals surface area (Å²) in [5, 5.41) is 2.97. The van der Waals surface area contributed by atoms with Gasteiger partial charge in [-0.05, 0) is 36.4 Å². The van der Waals surface area contributed by atoms with Crippen molar-refractivity contribution >= 4 is 17.3 Å². The van der Waals surface area contributed by atoms with Crippen LogP contribution in [0.3, 0.4) is 0 Å². The molecule has 1 N–H and O–H groups in total. The molecule has 0 saturated heterocycles. The SMILES string of the molecule is O=C1c2cccnc2C(Nc2ccc(F)cc2F)N1c1ccccc1. The number of carbonyl (C=O) groups is 1. The molecule has 1 aromatic heterocycles. The standard InChI is InChI=1S/C19H13F2N3O/c20-12-8-9-16(15(21)11-12)23-18-17-14(7-4-10-22-17)19(25)24(18)13-5-2-1-3-6-13/h1-11,18,23H. The molecule has 0 bridgehead atoms. The van der Waals surface area contributed by atoms with E-state index in [1.807, 2.05) is 18.2 Å². The first-order valence-corrected chi connectivity index (χ1v) is 7.70. The van der Waals surface area contributed by atoms with Gasteiger partial charge in [0.2, 0.25) is 0 Å². The number of amides is 1. The first-order valence-electron chi connectivity index (χ1n) is 7.70. The molecule has 124 valence electrons. The average Bonchev–Trinajstić information content (AvgIpc) is 2.91. The van der Waals surface area contributed by atoms with Crippen LogP contribution in [0.1, 0.15) is 22.2 Å². The van der Waals surface area contributed by atoms with E-state index in [4.69, 9.17) is 0 Å². The second kappa shape index (κ2) is 5.98. The summed E-state index contributed by atoms with van der Waals surface area (Å²) < 4.78 is 27.2. The molecule has 0 aliphatic carbocycles. The summed E-state index contributed by atoms with van der Waals surface area (Å²) in [7, 11) is 0. The van der Waals surface area contributed by atoms with Crippen molar-refractivity contribution in [2.75, 3.05) is 10.2 Å². The Hall–Kier alpha value is -3.28. The summed E-state index contributed by atoms with van der Waals surface area (Å²) in [4.78, 5) is 18.6. The van der Waals surface area contributed by atoms with Crippen molar-refractivity contribution in [1.29, 1.82) is 0 Å². The molecule has 6 heteroatoms. The van der Waals surface area contributed by atoms with E-state index in [1.165, 1.54) is 11.0 Å². The summed E-state index contributed by atoms with van der Waals surface area (Å²) >= 11 is 0. The largest absolute Gasteiger partial charge is 0.357 e. The van der Waals surface area contributed by atoms with Crippen LogP contribution in [0.5, 0.6) is 0 Å². The number of hydrogen-bond acceptors (Lipinski definition) is 3. The van der Waals surface area contributed by atoms with E-state index in [-0.39, 0.29) is 11.6 Å². The van der Waals surface area contributed by atoms with Crippen LogP contribution in [0.4, 0.5) is 20.2 Å². The summed E-state index contributed by atoms with van der Waals surface area (Å²) in [6, 6.07) is 15.7. The summed E-state index contributed by atoms with van der Waals surface area (Å²) in [6.45, 7) is 0. The lowest BCUT2D eigenvalue weighted by Gasteiger charge is -2.26. The van der Waals surface area contributed by atoms with E-state index in [2.05, 4.69) is 10.3 Å². The van der Waals surface area contributed by atoms with E-state index in [9.17, 15) is 13.6 Å².